The van der Waals surface area contributed by atoms with E-state index in [1.807, 2.05) is 0 Å². The molecule has 3 aromatic carbocycles. The average molecular weight is 464 g/mol. The Morgan fingerprint density at radius 1 is 0.629 bits per heavy atom. The summed E-state index contributed by atoms with van der Waals surface area (Å²) in [6.45, 7) is 7.81. The fourth-order valence-corrected chi connectivity index (χ4v) is 7.41. The van der Waals surface area contributed by atoms with Gasteiger partial charge >= 0.3 is 0 Å². The van der Waals surface area contributed by atoms with Crippen molar-refractivity contribution in [1.29, 1.82) is 0 Å². The van der Waals surface area contributed by atoms with Crippen molar-refractivity contribution < 1.29 is 4.39 Å². The van der Waals surface area contributed by atoms with Crippen LogP contribution in [0.25, 0.3) is 5.47 Å². The first-order chi connectivity index (χ1) is 16.8. The molecule has 2 heteroatoms. The van der Waals surface area contributed by atoms with Crippen LogP contribution in [0.4, 0.5) is 0 Å². The zero-order chi connectivity index (χ0) is 24.6. The highest BCUT2D eigenvalue weighted by molar-refractivity contribution is 7.10. The van der Waals surface area contributed by atoms with E-state index < -0.39 is 6.28 Å². The Bertz CT molecular complexity index is 1150. The van der Waals surface area contributed by atoms with Crippen LogP contribution in [-0.2, 0) is 0 Å². The van der Waals surface area contributed by atoms with Crippen molar-refractivity contribution in [2.45, 2.75) is 59.3 Å². The lowest BCUT2D eigenvalue weighted by Crippen LogP contribution is -2.79. The summed E-state index contributed by atoms with van der Waals surface area (Å²) in [6, 6.07) is 28.5. The van der Waals surface area contributed by atoms with Gasteiger partial charge in [-0.1, -0.05) is 120 Å². The lowest BCUT2D eigenvalue weighted by atomic mass is 9.19. The van der Waals surface area contributed by atoms with E-state index in [1.54, 1.807) is 11.0 Å². The summed E-state index contributed by atoms with van der Waals surface area (Å²) < 4.78 is 0.992. The van der Waals surface area contributed by atoms with Gasteiger partial charge in [0.05, 0.1) is 0 Å². The quantitative estimate of drug-likeness (QED) is 0.377. The second-order valence-electron chi connectivity index (χ2n) is 12.0. The molecule has 0 atom stereocenters. The molecule has 5 rings (SSSR count). The molecule has 0 spiro atoms. The van der Waals surface area contributed by atoms with Gasteiger partial charge < -0.3 is 4.39 Å². The summed E-state index contributed by atoms with van der Waals surface area (Å²) in [6.07, 6.45) is 6.84. The molecule has 1 aliphatic carbocycles. The van der Waals surface area contributed by atoms with E-state index in [1.165, 1.54) is 78.2 Å². The van der Waals surface area contributed by atoms with Gasteiger partial charge in [-0.15, -0.1) is 16.4 Å². The Labute approximate surface area is 213 Å². The van der Waals surface area contributed by atoms with Crippen LogP contribution in [0.15, 0.2) is 78.4 Å². The van der Waals surface area contributed by atoms with Crippen molar-refractivity contribution in [3.63, 3.8) is 0 Å². The van der Waals surface area contributed by atoms with Crippen LogP contribution in [-0.4, -0.2) is 31.3 Å². The molecule has 35 heavy (non-hydrogen) atoms. The number of hydrogen-bond acceptors (Lipinski definition) is 0. The summed E-state index contributed by atoms with van der Waals surface area (Å²) in [4.78, 5) is 0. The van der Waals surface area contributed by atoms with Gasteiger partial charge in [0.2, 0.25) is 0 Å². The molecule has 0 unspecified atom stereocenters. The number of benzene rings is 3. The van der Waals surface area contributed by atoms with Gasteiger partial charge in [-0.2, -0.15) is 0 Å². The summed E-state index contributed by atoms with van der Waals surface area (Å²) in [5.41, 5.74) is 11.8. The maximum atomic E-state index is 2.49. The molecule has 1 fully saturated rings. The number of nitrogens with zero attached hydrogens (tertiary/aromatic N) is 1. The third-order valence-corrected chi connectivity index (χ3v) is 9.35. The summed E-state index contributed by atoms with van der Waals surface area (Å²) in [5, 5.41) is 0. The van der Waals surface area contributed by atoms with Gasteiger partial charge in [0.25, 0.3) is 6.28 Å². The molecular formula is C33H42BN. The predicted molar refractivity (Wildman–Crippen MR) is 154 cm³/mol. The third-order valence-electron chi connectivity index (χ3n) is 9.35. The van der Waals surface area contributed by atoms with Gasteiger partial charge in [0, 0.05) is 27.1 Å². The first-order valence-corrected chi connectivity index (χ1v) is 13.8. The molecule has 3 aromatic rings. The number of aryl methyl sites for hydroxylation is 3. The van der Waals surface area contributed by atoms with Crippen LogP contribution in [0.3, 0.4) is 0 Å². The average Bonchev–Trinajstić information content (AvgIpc) is 2.86. The molecule has 1 heterocycles. The molecule has 0 saturated heterocycles. The van der Waals surface area contributed by atoms with Crippen molar-refractivity contribution in [3.05, 3.63) is 101 Å². The third kappa shape index (κ3) is 4.21. The Balaban J connectivity index is 1.90. The molecule has 0 N–H and O–H groups in total. The first-order valence-electron chi connectivity index (χ1n) is 13.8. The Hall–Kier alpha value is -2.58. The zero-order valence-electron chi connectivity index (χ0n) is 22.5. The normalized spacial score (nSPS) is 20.1. The molecule has 0 bridgehead atoms. The van der Waals surface area contributed by atoms with Crippen LogP contribution in [0.2, 0.25) is 0 Å². The highest BCUT2D eigenvalue weighted by Gasteiger charge is 2.51. The second-order valence-corrected chi connectivity index (χ2v) is 12.0. The largest absolute Gasteiger partial charge is 0.509 e. The van der Waals surface area contributed by atoms with Gasteiger partial charge in [-0.25, -0.2) is 0 Å². The van der Waals surface area contributed by atoms with E-state index in [0.717, 1.165) is 10.3 Å². The SMILES string of the molecule is Cc1ccc(C2=C(C3CCCCC3)CC[N+](C)(C)[B-]2(c2ccc(C)cc2)c2ccc(C)cc2)cc1. The van der Waals surface area contributed by atoms with E-state index in [0.29, 0.717) is 0 Å². The Kier molecular flexibility index (Phi) is 6.53. The Morgan fingerprint density at radius 2 is 1.09 bits per heavy atom. The predicted octanol–water partition coefficient (Wildman–Crippen LogP) is 6.72. The first kappa shape index (κ1) is 24.1. The minimum Gasteiger partial charge on any atom is -0.509 e. The summed E-state index contributed by atoms with van der Waals surface area (Å²) in [7, 11) is 4.98. The van der Waals surface area contributed by atoms with Crippen LogP contribution >= 0.6 is 0 Å². The molecule has 2 aliphatic rings. The van der Waals surface area contributed by atoms with Gasteiger partial charge in [-0.3, -0.25) is 0 Å². The monoisotopic (exact) mass is 463 g/mol. The van der Waals surface area contributed by atoms with Gasteiger partial charge in [0.15, 0.2) is 0 Å². The van der Waals surface area contributed by atoms with E-state index in [2.05, 4.69) is 108 Å². The highest BCUT2D eigenvalue weighted by Crippen LogP contribution is 2.45. The van der Waals surface area contributed by atoms with Crippen molar-refractivity contribution in [1.82, 2.24) is 0 Å². The fourth-order valence-electron chi connectivity index (χ4n) is 7.41. The van der Waals surface area contributed by atoms with E-state index >= 15 is 0 Å². The number of quaternary nitrogens is 1. The molecule has 1 nitrogen and oxygen atoms in total. The van der Waals surface area contributed by atoms with Crippen LogP contribution in [0.5, 0.6) is 0 Å². The minimum absolute atomic E-state index is 0.720. The van der Waals surface area contributed by atoms with Crippen molar-refractivity contribution in [3.8, 4) is 0 Å². The minimum atomic E-state index is -1.23. The highest BCUT2D eigenvalue weighted by atomic mass is 15.3. The van der Waals surface area contributed by atoms with Crippen LogP contribution in [0.1, 0.15) is 60.8 Å². The molecule has 1 aliphatic heterocycles. The van der Waals surface area contributed by atoms with Gasteiger partial charge in [-0.05, 0) is 39.5 Å². The maximum Gasteiger partial charge on any atom is 0.291 e. The number of hydrogen-bond donors (Lipinski definition) is 0. The molecule has 0 aromatic heterocycles. The Morgan fingerprint density at radius 3 is 1.57 bits per heavy atom. The van der Waals surface area contributed by atoms with E-state index in [-0.39, 0.29) is 0 Å². The second kappa shape index (κ2) is 9.47. The standard InChI is InChI=1S/C33H42BN/c1-25-11-17-29(18-12-25)33-32(28-9-7-6-8-10-28)23-24-35(4,5)34(33,30-19-13-26(2)14-20-30)31-21-15-27(3)16-22-31/h11-22,28H,6-10,23-24H2,1-5H3. The van der Waals surface area contributed by atoms with Crippen LogP contribution < -0.4 is 10.9 Å². The smallest absolute Gasteiger partial charge is 0.291 e. The van der Waals surface area contributed by atoms with Crippen LogP contribution in [0, 0.1) is 26.7 Å². The lowest BCUT2D eigenvalue weighted by Gasteiger charge is -2.62. The topological polar surface area (TPSA) is 0 Å². The van der Waals surface area contributed by atoms with Crippen molar-refractivity contribution in [2.75, 3.05) is 20.6 Å². The molecule has 0 radical (unpaired) electrons. The van der Waals surface area contributed by atoms with Crippen molar-refractivity contribution >= 4 is 22.7 Å². The summed E-state index contributed by atoms with van der Waals surface area (Å²) >= 11 is 0. The molecule has 1 saturated carbocycles. The van der Waals surface area contributed by atoms with Gasteiger partial charge in [0.1, 0.15) is 0 Å². The zero-order valence-corrected chi connectivity index (χ0v) is 22.5. The molecular weight excluding hydrogens is 421 g/mol. The van der Waals surface area contributed by atoms with Crippen molar-refractivity contribution in [2.24, 2.45) is 5.92 Å². The van der Waals surface area contributed by atoms with E-state index in [9.17, 15) is 0 Å². The maximum absolute atomic E-state index is 2.49. The molecule has 182 valence electrons. The van der Waals surface area contributed by atoms with E-state index in [4.69, 9.17) is 0 Å². The summed E-state index contributed by atoms with van der Waals surface area (Å²) in [5.74, 6) is 0.720. The fraction of sp³-hybridized carbons (Fsp3) is 0.394. The lowest BCUT2D eigenvalue weighted by molar-refractivity contribution is -0.787. The number of rotatable bonds is 4. The molecule has 0 amide bonds.